The zero-order valence-electron chi connectivity index (χ0n) is 12.7. The van der Waals surface area contributed by atoms with Crippen molar-refractivity contribution < 1.29 is 17.9 Å². The molecule has 1 aromatic carbocycles. The molecule has 1 saturated heterocycles. The molecule has 2 rings (SSSR count). The van der Waals surface area contributed by atoms with Gasteiger partial charge in [-0.15, -0.1) is 0 Å². The van der Waals surface area contributed by atoms with Crippen molar-refractivity contribution in [1.82, 2.24) is 9.21 Å². The van der Waals surface area contributed by atoms with E-state index in [1.165, 1.54) is 28.4 Å². The number of carbonyl (C=O) groups is 1. The van der Waals surface area contributed by atoms with Gasteiger partial charge in [0, 0.05) is 20.6 Å². The predicted octanol–water partition coefficient (Wildman–Crippen LogP) is 1.70. The second kappa shape index (κ2) is 6.55. The molecule has 0 unspecified atom stereocenters. The van der Waals surface area contributed by atoms with Gasteiger partial charge in [-0.05, 0) is 47.0 Å². The maximum absolute atomic E-state index is 12.8. The molecule has 6 nitrogen and oxygen atoms in total. The maximum atomic E-state index is 12.8. The Balaban J connectivity index is 2.37. The lowest BCUT2D eigenvalue weighted by Gasteiger charge is -2.25. The number of hydrogen-bond donors (Lipinski definition) is 0. The Bertz CT molecular complexity index is 675. The van der Waals surface area contributed by atoms with Gasteiger partial charge in [0.25, 0.3) is 0 Å². The van der Waals surface area contributed by atoms with Crippen molar-refractivity contribution in [3.63, 3.8) is 0 Å². The van der Waals surface area contributed by atoms with E-state index in [1.807, 2.05) is 0 Å². The monoisotopic (exact) mass is 390 g/mol. The first-order chi connectivity index (χ1) is 10.3. The summed E-state index contributed by atoms with van der Waals surface area (Å²) in [4.78, 5) is 13.8. The van der Waals surface area contributed by atoms with Gasteiger partial charge < -0.3 is 9.64 Å². The molecule has 1 heterocycles. The fourth-order valence-electron chi connectivity index (χ4n) is 2.52. The molecule has 22 heavy (non-hydrogen) atoms. The third-order valence-corrected chi connectivity index (χ3v) is 6.18. The summed E-state index contributed by atoms with van der Waals surface area (Å²) in [5.74, 6) is 0.370. The molecule has 0 radical (unpaired) electrons. The summed E-state index contributed by atoms with van der Waals surface area (Å²) < 4.78 is 32.6. The van der Waals surface area contributed by atoms with Crippen molar-refractivity contribution in [3.8, 4) is 5.75 Å². The van der Waals surface area contributed by atoms with Crippen molar-refractivity contribution in [2.45, 2.75) is 23.8 Å². The van der Waals surface area contributed by atoms with Crippen LogP contribution in [0.3, 0.4) is 0 Å². The fourth-order valence-corrected chi connectivity index (χ4v) is 4.89. The van der Waals surface area contributed by atoms with E-state index in [-0.39, 0.29) is 10.8 Å². The van der Waals surface area contributed by atoms with Crippen LogP contribution in [0.5, 0.6) is 5.75 Å². The lowest BCUT2D eigenvalue weighted by atomic mass is 10.2. The molecule has 0 bridgehead atoms. The van der Waals surface area contributed by atoms with Crippen LogP contribution in [0.4, 0.5) is 0 Å². The first kappa shape index (κ1) is 17.2. The van der Waals surface area contributed by atoms with Crippen LogP contribution in [-0.2, 0) is 14.8 Å². The topological polar surface area (TPSA) is 66.9 Å². The number of nitrogens with zero attached hydrogens (tertiary/aromatic N) is 2. The highest BCUT2D eigenvalue weighted by molar-refractivity contribution is 9.10. The second-order valence-electron chi connectivity index (χ2n) is 5.30. The highest BCUT2D eigenvalue weighted by Crippen LogP contribution is 2.31. The third kappa shape index (κ3) is 3.13. The predicted molar refractivity (Wildman–Crippen MR) is 86.3 cm³/mol. The fraction of sp³-hybridized carbons (Fsp3) is 0.500. The zero-order valence-corrected chi connectivity index (χ0v) is 15.1. The van der Waals surface area contributed by atoms with Crippen LogP contribution >= 0.6 is 15.9 Å². The van der Waals surface area contributed by atoms with Gasteiger partial charge in [-0.25, -0.2) is 8.42 Å². The molecular formula is C14H19BrN2O4S. The molecule has 8 heteroatoms. The molecule has 1 amide bonds. The number of sulfonamides is 1. The van der Waals surface area contributed by atoms with Gasteiger partial charge in [0.15, 0.2) is 0 Å². The number of likely N-dealkylation sites (N-methyl/N-ethyl adjacent to an activating group) is 1. The van der Waals surface area contributed by atoms with E-state index < -0.39 is 16.1 Å². The van der Waals surface area contributed by atoms with Gasteiger partial charge >= 0.3 is 0 Å². The molecule has 0 saturated carbocycles. The van der Waals surface area contributed by atoms with Crippen LogP contribution < -0.4 is 4.74 Å². The summed E-state index contributed by atoms with van der Waals surface area (Å²) >= 11 is 3.29. The summed E-state index contributed by atoms with van der Waals surface area (Å²) in [6, 6.07) is 3.97. The number of benzene rings is 1. The molecule has 1 fully saturated rings. The Hall–Kier alpha value is -1.12. The zero-order chi connectivity index (χ0) is 16.5. The van der Waals surface area contributed by atoms with Crippen LogP contribution in [0.25, 0.3) is 0 Å². The van der Waals surface area contributed by atoms with Gasteiger partial charge in [-0.3, -0.25) is 4.79 Å². The van der Waals surface area contributed by atoms with E-state index >= 15 is 0 Å². The summed E-state index contributed by atoms with van der Waals surface area (Å²) in [6.07, 6.45) is 1.23. The molecule has 0 aliphatic carbocycles. The summed E-state index contributed by atoms with van der Waals surface area (Å²) in [6.45, 7) is 0.357. The van der Waals surface area contributed by atoms with E-state index in [2.05, 4.69) is 15.9 Å². The molecule has 1 atom stereocenters. The number of methoxy groups -OCH3 is 1. The van der Waals surface area contributed by atoms with E-state index in [0.29, 0.717) is 29.6 Å². The summed E-state index contributed by atoms with van der Waals surface area (Å²) in [7, 11) is 1.07. The van der Waals surface area contributed by atoms with Crippen molar-refractivity contribution in [2.24, 2.45) is 0 Å². The molecule has 0 aromatic heterocycles. The number of halogens is 1. The summed E-state index contributed by atoms with van der Waals surface area (Å²) in [5, 5.41) is 0. The number of ether oxygens (including phenoxy) is 1. The highest BCUT2D eigenvalue weighted by Gasteiger charge is 2.40. The van der Waals surface area contributed by atoms with Crippen molar-refractivity contribution >= 4 is 31.9 Å². The molecule has 1 aliphatic heterocycles. The first-order valence-corrected chi connectivity index (χ1v) is 9.09. The van der Waals surface area contributed by atoms with Crippen LogP contribution in [-0.4, -0.2) is 57.3 Å². The first-order valence-electron chi connectivity index (χ1n) is 6.85. The average Bonchev–Trinajstić information content (AvgIpc) is 2.96. The van der Waals surface area contributed by atoms with E-state index in [0.717, 1.165) is 0 Å². The highest BCUT2D eigenvalue weighted by atomic mass is 79.9. The number of rotatable bonds is 4. The van der Waals surface area contributed by atoms with Gasteiger partial charge in [0.05, 0.1) is 16.5 Å². The van der Waals surface area contributed by atoms with Gasteiger partial charge in [0.2, 0.25) is 15.9 Å². The Kier molecular flexibility index (Phi) is 5.14. The molecule has 0 spiro atoms. The van der Waals surface area contributed by atoms with E-state index in [1.54, 1.807) is 20.2 Å². The van der Waals surface area contributed by atoms with Crippen LogP contribution in [0, 0.1) is 0 Å². The quantitative estimate of drug-likeness (QED) is 0.784. The largest absolute Gasteiger partial charge is 0.496 e. The number of carbonyl (C=O) groups excluding carboxylic acids is 1. The molecule has 1 aliphatic rings. The summed E-state index contributed by atoms with van der Waals surface area (Å²) in [5.41, 5.74) is 0. The smallest absolute Gasteiger partial charge is 0.243 e. The van der Waals surface area contributed by atoms with Crippen molar-refractivity contribution in [1.29, 1.82) is 0 Å². The molecule has 0 N–H and O–H groups in total. The molecule has 1 aromatic rings. The van der Waals surface area contributed by atoms with Crippen molar-refractivity contribution in [3.05, 3.63) is 22.7 Å². The van der Waals surface area contributed by atoms with Crippen LogP contribution in [0.15, 0.2) is 27.6 Å². The minimum Gasteiger partial charge on any atom is -0.496 e. The van der Waals surface area contributed by atoms with Gasteiger partial charge in [0.1, 0.15) is 11.8 Å². The Morgan fingerprint density at radius 2 is 2.09 bits per heavy atom. The van der Waals surface area contributed by atoms with Crippen LogP contribution in [0.2, 0.25) is 0 Å². The van der Waals surface area contributed by atoms with E-state index in [9.17, 15) is 13.2 Å². The molecule has 122 valence electrons. The Morgan fingerprint density at radius 3 is 2.64 bits per heavy atom. The SMILES string of the molecule is COc1ccc(S(=O)(=O)N2CCC[C@H]2C(=O)N(C)C)cc1Br. The van der Waals surface area contributed by atoms with Gasteiger partial charge in [-0.2, -0.15) is 4.31 Å². The molecular weight excluding hydrogens is 372 g/mol. The number of hydrogen-bond acceptors (Lipinski definition) is 4. The van der Waals surface area contributed by atoms with Crippen LogP contribution in [0.1, 0.15) is 12.8 Å². The van der Waals surface area contributed by atoms with E-state index in [4.69, 9.17) is 4.74 Å². The van der Waals surface area contributed by atoms with Gasteiger partial charge in [-0.1, -0.05) is 0 Å². The average molecular weight is 391 g/mol. The lowest BCUT2D eigenvalue weighted by molar-refractivity contribution is -0.132. The second-order valence-corrected chi connectivity index (χ2v) is 8.05. The normalized spacial score (nSPS) is 19.2. The standard InChI is InChI=1S/C14H19BrN2O4S/c1-16(2)14(18)12-5-4-8-17(12)22(19,20)10-6-7-13(21-3)11(15)9-10/h6-7,9,12H,4-5,8H2,1-3H3/t12-/m0/s1. The third-order valence-electron chi connectivity index (χ3n) is 3.66. The Morgan fingerprint density at radius 1 is 1.41 bits per heavy atom. The van der Waals surface area contributed by atoms with Crippen molar-refractivity contribution in [2.75, 3.05) is 27.7 Å². The number of amides is 1. The minimum atomic E-state index is -3.71. The lowest BCUT2D eigenvalue weighted by Crippen LogP contribution is -2.45. The maximum Gasteiger partial charge on any atom is 0.243 e. The minimum absolute atomic E-state index is 0.152. The Labute approximate surface area is 139 Å².